The lowest BCUT2D eigenvalue weighted by atomic mass is 10.5. The number of aromatic nitrogens is 2. The molecule has 1 aromatic heterocycles. The van der Waals surface area contributed by atoms with E-state index in [0.717, 1.165) is 0 Å². The molecule has 2 rings (SSSR count). The molecule has 0 fully saturated rings. The second kappa shape index (κ2) is 3.79. The quantitative estimate of drug-likeness (QED) is 0.524. The summed E-state index contributed by atoms with van der Waals surface area (Å²) < 4.78 is 0. The number of aromatic amines is 2. The molecule has 1 aliphatic heterocycles. The van der Waals surface area contributed by atoms with E-state index in [-0.39, 0.29) is 12.4 Å². The summed E-state index contributed by atoms with van der Waals surface area (Å²) in [5.74, 6) is 0. The maximum atomic E-state index is 11.1. The molecule has 0 saturated heterocycles. The fourth-order valence-electron chi connectivity index (χ4n) is 1.06. The van der Waals surface area contributed by atoms with Crippen molar-refractivity contribution >= 4 is 38.9 Å². The van der Waals surface area contributed by atoms with E-state index in [1.165, 1.54) is 10.8 Å². The molecule has 14 heavy (non-hydrogen) atoms. The molecule has 2 N–H and O–H groups in total. The molecule has 74 valence electrons. The summed E-state index contributed by atoms with van der Waals surface area (Å²) in [7, 11) is -0.795. The van der Waals surface area contributed by atoms with Crippen LogP contribution < -0.4 is 21.8 Å². The number of hydrogen-bond donors (Lipinski definition) is 2. The van der Waals surface area contributed by atoms with Crippen molar-refractivity contribution in [3.63, 3.8) is 0 Å². The van der Waals surface area contributed by atoms with Gasteiger partial charge in [-0.15, -0.1) is 12.4 Å². The highest BCUT2D eigenvalue weighted by molar-refractivity contribution is 8.27. The lowest BCUT2D eigenvalue weighted by Crippen LogP contribution is -2.46. The molecule has 1 aromatic rings. The third kappa shape index (κ3) is 1.63. The molecule has 0 spiro atoms. The fourth-order valence-corrected chi connectivity index (χ4v) is 2.15. The van der Waals surface area contributed by atoms with Crippen molar-refractivity contribution in [2.75, 3.05) is 0 Å². The summed E-state index contributed by atoms with van der Waals surface area (Å²) in [6.07, 6.45) is 0. The maximum absolute atomic E-state index is 11.1. The normalized spacial score (nSPS) is 17.0. The van der Waals surface area contributed by atoms with Gasteiger partial charge in [-0.2, -0.15) is 0 Å². The van der Waals surface area contributed by atoms with Gasteiger partial charge in [0.25, 0.3) is 5.56 Å². The summed E-state index contributed by atoms with van der Waals surface area (Å²) in [5, 5.41) is 5.49. The zero-order valence-corrected chi connectivity index (χ0v) is 8.33. The summed E-state index contributed by atoms with van der Waals surface area (Å²) in [6.45, 7) is 0. The molecule has 1 aliphatic rings. The van der Waals surface area contributed by atoms with Gasteiger partial charge in [-0.05, 0) is 5.41 Å². The van der Waals surface area contributed by atoms with E-state index in [1.54, 1.807) is 5.23 Å². The molecule has 5 nitrogen and oxygen atoms in total. The topological polar surface area (TPSA) is 82.8 Å². The van der Waals surface area contributed by atoms with Gasteiger partial charge in [-0.25, -0.2) is 9.59 Å². The van der Waals surface area contributed by atoms with Crippen LogP contribution in [0.5, 0.6) is 0 Å². The molecule has 0 bridgehead atoms. The summed E-state index contributed by atoms with van der Waals surface area (Å²) in [6, 6.07) is 0. The number of nitrogens with one attached hydrogen (secondary N) is 2. The highest BCUT2D eigenvalue weighted by Crippen LogP contribution is 2.13. The second-order valence-corrected chi connectivity index (χ2v) is 3.81. The molecule has 2 heterocycles. The molecule has 0 aromatic carbocycles. The van der Waals surface area contributed by atoms with Crippen LogP contribution in [0.4, 0.5) is 0 Å². The molecule has 1 atom stereocenters. The van der Waals surface area contributed by atoms with Crippen LogP contribution in [0.2, 0.25) is 0 Å². The van der Waals surface area contributed by atoms with Crippen LogP contribution >= 0.6 is 22.9 Å². The number of rotatable bonds is 0. The van der Waals surface area contributed by atoms with Crippen molar-refractivity contribution in [1.82, 2.24) is 9.97 Å². The lowest BCUT2D eigenvalue weighted by molar-refractivity contribution is 0.572. The van der Waals surface area contributed by atoms with Gasteiger partial charge in [0.15, 0.2) is 5.23 Å². The zero-order chi connectivity index (χ0) is 9.42. The number of H-pyrrole nitrogens is 2. The zero-order valence-electron chi connectivity index (χ0n) is 6.70. The van der Waals surface area contributed by atoms with E-state index in [2.05, 4.69) is 9.97 Å². The van der Waals surface area contributed by atoms with Gasteiger partial charge in [0, 0.05) is 5.41 Å². The Hall–Kier alpha value is -1.36. The minimum Gasteiger partial charge on any atom is -0.306 e. The predicted octanol–water partition coefficient (Wildman–Crippen LogP) is -1.69. The van der Waals surface area contributed by atoms with Gasteiger partial charge >= 0.3 is 5.69 Å². The SMILES string of the molecule is Cl.O=C=S1C=c2[nH]c(=O)[nH]c(=O)c2=C1. The average Bonchev–Trinajstić information content (AvgIpc) is 2.47. The van der Waals surface area contributed by atoms with Crippen LogP contribution in [0.15, 0.2) is 9.59 Å². The van der Waals surface area contributed by atoms with Crippen molar-refractivity contribution in [3.8, 4) is 0 Å². The van der Waals surface area contributed by atoms with Crippen molar-refractivity contribution in [2.24, 2.45) is 0 Å². The molecule has 1 unspecified atom stereocenters. The molecular weight excluding hydrogens is 228 g/mol. The van der Waals surface area contributed by atoms with Crippen LogP contribution in [0.25, 0.3) is 10.8 Å². The Labute approximate surface area is 85.5 Å². The van der Waals surface area contributed by atoms with Gasteiger partial charge in [0.1, 0.15) is 0 Å². The number of hydrogen-bond acceptors (Lipinski definition) is 3. The van der Waals surface area contributed by atoms with Gasteiger partial charge in [0.05, 0.1) is 10.6 Å². The first kappa shape index (κ1) is 10.7. The van der Waals surface area contributed by atoms with Crippen molar-refractivity contribution in [2.45, 2.75) is 0 Å². The highest BCUT2D eigenvalue weighted by atomic mass is 35.5. The first-order valence-electron chi connectivity index (χ1n) is 3.37. The Morgan fingerprint density at radius 3 is 2.57 bits per heavy atom. The number of fused-ring (bicyclic) bond motifs is 1. The predicted molar refractivity (Wildman–Crippen MR) is 56.4 cm³/mol. The Balaban J connectivity index is 0.000000980. The van der Waals surface area contributed by atoms with E-state index >= 15 is 0 Å². The van der Waals surface area contributed by atoms with Crippen LogP contribution in [-0.4, -0.2) is 15.2 Å². The average molecular weight is 233 g/mol. The van der Waals surface area contributed by atoms with E-state index in [0.29, 0.717) is 10.6 Å². The minimum absolute atomic E-state index is 0. The third-order valence-electron chi connectivity index (χ3n) is 1.60. The smallest absolute Gasteiger partial charge is 0.306 e. The van der Waals surface area contributed by atoms with Gasteiger partial charge in [0.2, 0.25) is 0 Å². The molecule has 0 amide bonds. The summed E-state index contributed by atoms with van der Waals surface area (Å²) in [4.78, 5) is 36.7. The maximum Gasteiger partial charge on any atom is 0.326 e. The van der Waals surface area contributed by atoms with E-state index in [1.807, 2.05) is 0 Å². The molecule has 0 saturated carbocycles. The number of carbonyl (C=O) groups excluding carboxylic acids is 1. The number of halogens is 1. The highest BCUT2D eigenvalue weighted by Gasteiger charge is 2.02. The minimum atomic E-state index is -0.795. The van der Waals surface area contributed by atoms with Gasteiger partial charge < -0.3 is 4.98 Å². The first-order valence-corrected chi connectivity index (χ1v) is 4.72. The Kier molecular flexibility index (Phi) is 2.90. The lowest BCUT2D eigenvalue weighted by Gasteiger charge is -1.81. The molecule has 7 heteroatoms. The van der Waals surface area contributed by atoms with Crippen LogP contribution in [0, 0.1) is 0 Å². The summed E-state index contributed by atoms with van der Waals surface area (Å²) >= 11 is 0. The molecular formula is C7H5ClN2O3S. The van der Waals surface area contributed by atoms with E-state index < -0.39 is 21.7 Å². The van der Waals surface area contributed by atoms with Crippen LogP contribution in [0.1, 0.15) is 0 Å². The third-order valence-corrected chi connectivity index (χ3v) is 2.77. The standard InChI is InChI=1S/C7H4N2O3S.ClH/c10-3-13-1-4-5(2-13)8-7(12)9-6(4)11;/h1-2H,(H2,8,9,11,12);1H. The molecule has 0 radical (unpaired) electrons. The Morgan fingerprint density at radius 2 is 1.93 bits per heavy atom. The van der Waals surface area contributed by atoms with E-state index in [9.17, 15) is 14.4 Å². The largest absolute Gasteiger partial charge is 0.326 e. The second-order valence-electron chi connectivity index (χ2n) is 2.43. The fraction of sp³-hybridized carbons (Fsp3) is 0. The van der Waals surface area contributed by atoms with Crippen molar-refractivity contribution in [1.29, 1.82) is 0 Å². The van der Waals surface area contributed by atoms with Crippen molar-refractivity contribution in [3.05, 3.63) is 31.4 Å². The van der Waals surface area contributed by atoms with Crippen LogP contribution in [-0.2, 0) is 4.79 Å². The first-order chi connectivity index (χ1) is 6.20. The van der Waals surface area contributed by atoms with Crippen LogP contribution in [0.3, 0.4) is 0 Å². The Bertz CT molecular complexity index is 651. The van der Waals surface area contributed by atoms with Gasteiger partial charge in [-0.1, -0.05) is 10.5 Å². The Morgan fingerprint density at radius 1 is 1.21 bits per heavy atom. The van der Waals surface area contributed by atoms with E-state index in [4.69, 9.17) is 0 Å². The van der Waals surface area contributed by atoms with Crippen molar-refractivity contribution < 1.29 is 4.79 Å². The summed E-state index contributed by atoms with van der Waals surface area (Å²) in [5.41, 5.74) is -1.04. The van der Waals surface area contributed by atoms with Gasteiger partial charge in [-0.3, -0.25) is 9.78 Å². The molecule has 0 aliphatic carbocycles. The monoisotopic (exact) mass is 232 g/mol.